The molecule has 4 unspecified atom stereocenters. The third-order valence-electron chi connectivity index (χ3n) is 12.3. The number of carbonyl (C=O) groups excluding carboxylic acids is 1. The van der Waals surface area contributed by atoms with E-state index in [0.717, 1.165) is 31.3 Å². The summed E-state index contributed by atoms with van der Waals surface area (Å²) in [6.45, 7) is 3.13. The van der Waals surface area contributed by atoms with Crippen LogP contribution in [0.15, 0.2) is 55.0 Å². The Balaban J connectivity index is 1.11. The Labute approximate surface area is 324 Å². The van der Waals surface area contributed by atoms with Crippen LogP contribution in [0.5, 0.6) is 5.75 Å². The van der Waals surface area contributed by atoms with Crippen molar-refractivity contribution >= 4 is 34.4 Å². The number of allylic oxidation sites excluding steroid dienone is 2. The molecule has 2 bridgehead atoms. The summed E-state index contributed by atoms with van der Waals surface area (Å²) in [5.41, 5.74) is -2.71. The number of nitrogens with zero attached hydrogens (tertiary/aromatic N) is 5. The third kappa shape index (κ3) is 7.54. The third-order valence-corrected chi connectivity index (χ3v) is 12.3. The average Bonchev–Trinajstić information content (AvgIpc) is 3.68. The van der Waals surface area contributed by atoms with Crippen LogP contribution in [0.3, 0.4) is 0 Å². The van der Waals surface area contributed by atoms with E-state index in [9.17, 15) is 41.0 Å². The van der Waals surface area contributed by atoms with Gasteiger partial charge >= 0.3 is 12.1 Å². The van der Waals surface area contributed by atoms with Gasteiger partial charge in [0.15, 0.2) is 11.5 Å². The molecule has 4 heterocycles. The van der Waals surface area contributed by atoms with Crippen molar-refractivity contribution in [1.29, 1.82) is 0 Å². The number of carboxylic acids is 1. The number of fused-ring (bicyclic) bond motifs is 3. The van der Waals surface area contributed by atoms with Gasteiger partial charge in [0, 0.05) is 67.7 Å². The highest BCUT2D eigenvalue weighted by Crippen LogP contribution is 2.51. The van der Waals surface area contributed by atoms with Gasteiger partial charge < -0.3 is 24.6 Å². The van der Waals surface area contributed by atoms with E-state index in [4.69, 9.17) is 4.74 Å². The van der Waals surface area contributed by atoms with Gasteiger partial charge in [0.25, 0.3) is 11.8 Å². The van der Waals surface area contributed by atoms with Crippen molar-refractivity contribution in [1.82, 2.24) is 24.8 Å². The first-order chi connectivity index (χ1) is 27.1. The number of pyridine rings is 1. The van der Waals surface area contributed by atoms with Crippen LogP contribution in [0.25, 0.3) is 27.9 Å². The maximum atomic E-state index is 14.8. The summed E-state index contributed by atoms with van der Waals surface area (Å²) in [5.74, 6) is -5.01. The summed E-state index contributed by atoms with van der Waals surface area (Å²) >= 11 is 0. The Morgan fingerprint density at radius 2 is 1.81 bits per heavy atom. The zero-order valence-corrected chi connectivity index (χ0v) is 31.2. The van der Waals surface area contributed by atoms with Crippen LogP contribution in [-0.2, 0) is 11.0 Å². The second-order valence-corrected chi connectivity index (χ2v) is 15.9. The lowest BCUT2D eigenvalue weighted by Crippen LogP contribution is -2.57. The van der Waals surface area contributed by atoms with E-state index in [1.54, 1.807) is 29.0 Å². The van der Waals surface area contributed by atoms with Gasteiger partial charge in [-0.1, -0.05) is 19.4 Å². The van der Waals surface area contributed by atoms with Crippen molar-refractivity contribution in [2.24, 2.45) is 17.8 Å². The maximum Gasteiger partial charge on any atom is 0.434 e. The molecule has 3 aromatic heterocycles. The van der Waals surface area contributed by atoms with Crippen molar-refractivity contribution < 1.29 is 45.8 Å². The number of nitrogens with one attached hydrogen (secondary N) is 1. The molecule has 1 aromatic carbocycles. The second kappa shape index (κ2) is 14.7. The Hall–Kier alpha value is -5.15. The van der Waals surface area contributed by atoms with E-state index in [1.807, 2.05) is 11.8 Å². The molecule has 4 aliphatic rings. The molecule has 4 aromatic rings. The van der Waals surface area contributed by atoms with Crippen molar-refractivity contribution in [2.45, 2.75) is 94.9 Å². The number of hydrogen-bond donors (Lipinski definition) is 2. The molecule has 8 rings (SSSR count). The van der Waals surface area contributed by atoms with E-state index >= 15 is 0 Å². The van der Waals surface area contributed by atoms with Gasteiger partial charge in [-0.2, -0.15) is 13.2 Å². The predicted molar refractivity (Wildman–Crippen MR) is 198 cm³/mol. The Kier molecular flexibility index (Phi) is 9.95. The molecule has 0 spiro atoms. The number of benzene rings is 1. The quantitative estimate of drug-likeness (QED) is 0.161. The van der Waals surface area contributed by atoms with Gasteiger partial charge in [-0.25, -0.2) is 32.9 Å². The molecule has 0 radical (unpaired) electrons. The van der Waals surface area contributed by atoms with Crippen molar-refractivity contribution in [2.75, 3.05) is 18.0 Å². The number of carbonyl (C=O) groups is 2. The number of anilines is 1. The summed E-state index contributed by atoms with van der Waals surface area (Å²) in [6, 6.07) is 7.41. The van der Waals surface area contributed by atoms with Crippen LogP contribution in [0.2, 0.25) is 0 Å². The lowest BCUT2D eigenvalue weighted by Gasteiger charge is -2.34. The van der Waals surface area contributed by atoms with E-state index in [1.165, 1.54) is 12.1 Å². The van der Waals surface area contributed by atoms with Gasteiger partial charge in [-0.15, -0.1) is 0 Å². The first kappa shape index (κ1) is 38.7. The molecule has 4 atom stereocenters. The minimum atomic E-state index is -5.08. The van der Waals surface area contributed by atoms with Crippen molar-refractivity contribution in [3.8, 4) is 17.0 Å². The van der Waals surface area contributed by atoms with Crippen molar-refractivity contribution in [3.63, 3.8) is 0 Å². The topological polar surface area (TPSA) is 122 Å². The van der Waals surface area contributed by atoms with Crippen LogP contribution in [-0.4, -0.2) is 67.2 Å². The van der Waals surface area contributed by atoms with Gasteiger partial charge in [0.1, 0.15) is 17.4 Å². The highest BCUT2D eigenvalue weighted by Gasteiger charge is 2.57. The van der Waals surface area contributed by atoms with Crippen LogP contribution in [0.4, 0.5) is 32.3 Å². The molecule has 3 aliphatic carbocycles. The minimum absolute atomic E-state index is 0.0116. The van der Waals surface area contributed by atoms with Crippen molar-refractivity contribution in [3.05, 3.63) is 72.1 Å². The molecule has 1 amide bonds. The van der Waals surface area contributed by atoms with Gasteiger partial charge in [-0.3, -0.25) is 4.79 Å². The number of hydrogen-bond acceptors (Lipinski definition) is 7. The largest absolute Gasteiger partial charge is 0.490 e. The molecular weight excluding hydrogens is 754 g/mol. The molecule has 1 aliphatic heterocycles. The first-order valence-electron chi connectivity index (χ1n) is 19.4. The zero-order chi connectivity index (χ0) is 40.3. The fourth-order valence-electron chi connectivity index (χ4n) is 9.39. The number of carboxylic acid groups (broad SMARTS) is 1. The molecule has 302 valence electrons. The van der Waals surface area contributed by atoms with E-state index in [-0.39, 0.29) is 42.0 Å². The lowest BCUT2D eigenvalue weighted by atomic mass is 9.76. The number of piperidine rings is 1. The summed E-state index contributed by atoms with van der Waals surface area (Å²) in [5, 5.41) is 13.4. The van der Waals surface area contributed by atoms with Crippen LogP contribution in [0.1, 0.15) is 87.2 Å². The van der Waals surface area contributed by atoms with Gasteiger partial charge in [-0.05, 0) is 74.1 Å². The zero-order valence-electron chi connectivity index (χ0n) is 31.2. The van der Waals surface area contributed by atoms with Gasteiger partial charge in [0.05, 0.1) is 29.2 Å². The molecule has 1 saturated heterocycles. The Bertz CT molecular complexity index is 2220. The predicted octanol–water partition coefficient (Wildman–Crippen LogP) is 8.76. The van der Waals surface area contributed by atoms with E-state index in [2.05, 4.69) is 20.3 Å². The molecular formula is C41H42F6N6O4. The second-order valence-electron chi connectivity index (χ2n) is 15.9. The monoisotopic (exact) mass is 796 g/mol. The number of alkyl halides is 5. The Morgan fingerprint density at radius 3 is 2.47 bits per heavy atom. The molecule has 10 nitrogen and oxygen atoms in total. The first-order valence-corrected chi connectivity index (χ1v) is 19.4. The Morgan fingerprint density at radius 1 is 1.05 bits per heavy atom. The normalized spacial score (nSPS) is 25.0. The van der Waals surface area contributed by atoms with E-state index in [0.29, 0.717) is 67.1 Å². The minimum Gasteiger partial charge on any atom is -0.490 e. The van der Waals surface area contributed by atoms with Crippen LogP contribution in [0, 0.1) is 23.6 Å². The average molecular weight is 797 g/mol. The number of halogens is 6. The van der Waals surface area contributed by atoms with Crippen LogP contribution < -0.4 is 15.0 Å². The smallest absolute Gasteiger partial charge is 0.434 e. The number of aliphatic carboxylic acids is 1. The molecule has 57 heavy (non-hydrogen) atoms. The van der Waals surface area contributed by atoms with E-state index < -0.39 is 65.3 Å². The fourth-order valence-corrected chi connectivity index (χ4v) is 9.39. The summed E-state index contributed by atoms with van der Waals surface area (Å²) in [7, 11) is 0. The molecule has 3 fully saturated rings. The summed E-state index contributed by atoms with van der Waals surface area (Å²) in [4.78, 5) is 40.5. The maximum absolute atomic E-state index is 14.8. The molecule has 2 saturated carbocycles. The lowest BCUT2D eigenvalue weighted by molar-refractivity contribution is -0.146. The van der Waals surface area contributed by atoms with Gasteiger partial charge in [0.2, 0.25) is 5.95 Å². The number of aromatic nitrogens is 4. The summed E-state index contributed by atoms with van der Waals surface area (Å²) in [6.07, 6.45) is 3.21. The summed E-state index contributed by atoms with van der Waals surface area (Å²) < 4.78 is 94.2. The number of rotatable bonds is 9. The fraction of sp³-hybridized carbons (Fsp3) is 0.488. The van der Waals surface area contributed by atoms with Crippen LogP contribution >= 0.6 is 0 Å². The molecule has 16 heteroatoms. The highest BCUT2D eigenvalue weighted by molar-refractivity contribution is 6.01. The number of amides is 1. The SMILES string of the molecule is CCC1CC2CC(C1)C(NC(=O)c1ccc(-c3cn(C4=CCC(F)(F)CC4)c4cc(OC5CCN(c6ncc(F)cn6)CC5)ccc34)nc1C(F)(F)F)(C(=O)O)C2. The molecule has 2 N–H and O–H groups in total. The number of ether oxygens (including phenoxy) is 1. The highest BCUT2D eigenvalue weighted by atomic mass is 19.4. The standard InChI is InChI=1S/C41H42F6N6O4/c1-2-23-15-24-17-25(16-23)40(19-24,37(55)56)51-36(54)31-5-6-33(50-35(31)41(45,46)47)32-22-53(27-7-11-39(43,44)12-8-27)34-18-29(3-4-30(32)34)57-28-9-13-52(14-10-28)38-48-20-26(42)21-49-38/h3-7,18,20-25,28H,2,8-17,19H2,1H3,(H,51,54)(H,55,56).